The van der Waals surface area contributed by atoms with Crippen molar-refractivity contribution in [1.29, 1.82) is 0 Å². The molecule has 0 radical (unpaired) electrons. The molecule has 4 nitrogen and oxygen atoms in total. The number of aryl methyl sites for hydroxylation is 1. The smallest absolute Gasteiger partial charge is 0.243 e. The Morgan fingerprint density at radius 2 is 1.95 bits per heavy atom. The second-order valence-corrected chi connectivity index (χ2v) is 7.78. The maximum atomic E-state index is 13.2. The molecule has 2 rings (SSSR count). The molecule has 1 unspecified atom stereocenters. The van der Waals surface area contributed by atoms with Gasteiger partial charge in [0.2, 0.25) is 10.0 Å². The standard InChI is InChI=1S/C16H26N2O2S/c1-4-14-8-6-5-7-11-18(14)21(19,20)16-12(2)9-10-15(17)13(16)3/h9-10,14H,4-8,11,17H2,1-3H3. The van der Waals surface area contributed by atoms with Crippen LogP contribution in [0.1, 0.15) is 50.2 Å². The van der Waals surface area contributed by atoms with Crippen LogP contribution >= 0.6 is 0 Å². The molecule has 5 heteroatoms. The van der Waals surface area contributed by atoms with Gasteiger partial charge < -0.3 is 5.73 Å². The molecule has 2 N–H and O–H groups in total. The molecule has 1 saturated heterocycles. The molecule has 1 aliphatic heterocycles. The second kappa shape index (κ2) is 6.36. The van der Waals surface area contributed by atoms with Gasteiger partial charge >= 0.3 is 0 Å². The fraction of sp³-hybridized carbons (Fsp3) is 0.625. The highest BCUT2D eigenvalue weighted by atomic mass is 32.2. The highest BCUT2D eigenvalue weighted by molar-refractivity contribution is 7.89. The fourth-order valence-electron chi connectivity index (χ4n) is 3.23. The quantitative estimate of drug-likeness (QED) is 0.872. The van der Waals surface area contributed by atoms with Crippen LogP contribution in [0.2, 0.25) is 0 Å². The first kappa shape index (κ1) is 16.3. The van der Waals surface area contributed by atoms with Gasteiger partial charge in [0.15, 0.2) is 0 Å². The van der Waals surface area contributed by atoms with E-state index in [-0.39, 0.29) is 6.04 Å². The van der Waals surface area contributed by atoms with E-state index in [0.717, 1.165) is 37.7 Å². The van der Waals surface area contributed by atoms with Gasteiger partial charge in [-0.3, -0.25) is 0 Å². The Bertz CT molecular complexity index is 611. The third kappa shape index (κ3) is 3.09. The summed E-state index contributed by atoms with van der Waals surface area (Å²) in [5.41, 5.74) is 7.93. The fourth-order valence-corrected chi connectivity index (χ4v) is 5.46. The summed E-state index contributed by atoms with van der Waals surface area (Å²) in [6.45, 7) is 6.33. The molecular formula is C16H26N2O2S. The van der Waals surface area contributed by atoms with Crippen molar-refractivity contribution in [2.24, 2.45) is 0 Å². The van der Waals surface area contributed by atoms with Crippen LogP contribution in [-0.4, -0.2) is 25.3 Å². The second-order valence-electron chi connectivity index (χ2n) is 5.95. The molecule has 0 bridgehead atoms. The molecular weight excluding hydrogens is 284 g/mol. The van der Waals surface area contributed by atoms with Gasteiger partial charge in [-0.05, 0) is 50.3 Å². The van der Waals surface area contributed by atoms with Crippen molar-refractivity contribution >= 4 is 15.7 Å². The van der Waals surface area contributed by atoms with Crippen LogP contribution in [0.25, 0.3) is 0 Å². The lowest BCUT2D eigenvalue weighted by atomic mass is 10.1. The number of hydrogen-bond donors (Lipinski definition) is 1. The molecule has 0 saturated carbocycles. The molecule has 1 atom stereocenters. The minimum Gasteiger partial charge on any atom is -0.398 e. The van der Waals surface area contributed by atoms with Crippen molar-refractivity contribution in [3.63, 3.8) is 0 Å². The highest BCUT2D eigenvalue weighted by Crippen LogP contribution is 2.31. The van der Waals surface area contributed by atoms with Crippen molar-refractivity contribution < 1.29 is 8.42 Å². The van der Waals surface area contributed by atoms with Crippen LogP contribution in [-0.2, 0) is 10.0 Å². The number of anilines is 1. The van der Waals surface area contributed by atoms with E-state index in [9.17, 15) is 8.42 Å². The van der Waals surface area contributed by atoms with E-state index in [2.05, 4.69) is 6.92 Å². The normalized spacial score (nSPS) is 21.2. The average Bonchev–Trinajstić information content (AvgIpc) is 2.68. The van der Waals surface area contributed by atoms with Gasteiger partial charge in [-0.2, -0.15) is 4.31 Å². The van der Waals surface area contributed by atoms with E-state index < -0.39 is 10.0 Å². The van der Waals surface area contributed by atoms with E-state index in [4.69, 9.17) is 5.73 Å². The molecule has 118 valence electrons. The topological polar surface area (TPSA) is 63.4 Å². The number of nitrogen functional groups attached to an aromatic ring is 1. The predicted octanol–water partition coefficient (Wildman–Crippen LogP) is 3.23. The van der Waals surface area contributed by atoms with Crippen LogP contribution in [0.5, 0.6) is 0 Å². The van der Waals surface area contributed by atoms with Crippen LogP contribution in [0.3, 0.4) is 0 Å². The lowest BCUT2D eigenvalue weighted by molar-refractivity contribution is 0.315. The monoisotopic (exact) mass is 310 g/mol. The number of nitrogens with zero attached hydrogens (tertiary/aromatic N) is 1. The SMILES string of the molecule is CCC1CCCCCN1S(=O)(=O)c1c(C)ccc(N)c1C. The lowest BCUT2D eigenvalue weighted by Crippen LogP contribution is -2.40. The summed E-state index contributed by atoms with van der Waals surface area (Å²) in [7, 11) is -3.48. The first-order chi connectivity index (χ1) is 9.89. The van der Waals surface area contributed by atoms with Crippen molar-refractivity contribution in [3.05, 3.63) is 23.3 Å². The zero-order valence-electron chi connectivity index (χ0n) is 13.2. The van der Waals surface area contributed by atoms with Gasteiger partial charge in [-0.15, -0.1) is 0 Å². The highest BCUT2D eigenvalue weighted by Gasteiger charge is 2.33. The number of benzene rings is 1. The summed E-state index contributed by atoms with van der Waals surface area (Å²) in [4.78, 5) is 0.405. The van der Waals surface area contributed by atoms with E-state index in [1.54, 1.807) is 23.4 Å². The Morgan fingerprint density at radius 3 is 2.62 bits per heavy atom. The molecule has 0 spiro atoms. The largest absolute Gasteiger partial charge is 0.398 e. The van der Waals surface area contributed by atoms with E-state index in [0.29, 0.717) is 22.7 Å². The summed E-state index contributed by atoms with van der Waals surface area (Å²) in [6.07, 6.45) is 4.97. The summed E-state index contributed by atoms with van der Waals surface area (Å²) in [6, 6.07) is 3.69. The lowest BCUT2D eigenvalue weighted by Gasteiger charge is -2.29. The predicted molar refractivity (Wildman–Crippen MR) is 86.8 cm³/mol. The Hall–Kier alpha value is -1.07. The third-order valence-corrected chi connectivity index (χ3v) is 6.75. The van der Waals surface area contributed by atoms with Gasteiger partial charge in [0.25, 0.3) is 0 Å². The maximum Gasteiger partial charge on any atom is 0.243 e. The zero-order chi connectivity index (χ0) is 15.6. The van der Waals surface area contributed by atoms with E-state index in [1.165, 1.54) is 0 Å². The summed E-state index contributed by atoms with van der Waals surface area (Å²) >= 11 is 0. The Labute approximate surface area is 128 Å². The van der Waals surface area contributed by atoms with Gasteiger partial charge in [0.05, 0.1) is 4.90 Å². The summed E-state index contributed by atoms with van der Waals surface area (Å²) in [5, 5.41) is 0. The molecule has 1 aromatic rings. The Balaban J connectivity index is 2.52. The van der Waals surface area contributed by atoms with Gasteiger partial charge in [0.1, 0.15) is 0 Å². The molecule has 21 heavy (non-hydrogen) atoms. The van der Waals surface area contributed by atoms with E-state index in [1.807, 2.05) is 6.92 Å². The minimum absolute atomic E-state index is 0.109. The van der Waals surface area contributed by atoms with Crippen LogP contribution < -0.4 is 5.73 Å². The van der Waals surface area contributed by atoms with Crippen molar-refractivity contribution in [1.82, 2.24) is 4.31 Å². The molecule has 1 aliphatic rings. The minimum atomic E-state index is -3.48. The maximum absolute atomic E-state index is 13.2. The van der Waals surface area contributed by atoms with Crippen LogP contribution in [0.15, 0.2) is 17.0 Å². The third-order valence-electron chi connectivity index (χ3n) is 4.51. The van der Waals surface area contributed by atoms with Gasteiger partial charge in [-0.25, -0.2) is 8.42 Å². The first-order valence-electron chi connectivity index (χ1n) is 7.77. The van der Waals surface area contributed by atoms with Crippen molar-refractivity contribution in [2.45, 2.75) is 63.8 Å². The zero-order valence-corrected chi connectivity index (χ0v) is 14.0. The summed E-state index contributed by atoms with van der Waals surface area (Å²) in [5.74, 6) is 0. The molecule has 0 amide bonds. The van der Waals surface area contributed by atoms with Crippen LogP contribution in [0.4, 0.5) is 5.69 Å². The number of rotatable bonds is 3. The number of hydrogen-bond acceptors (Lipinski definition) is 3. The van der Waals surface area contributed by atoms with Crippen LogP contribution in [0, 0.1) is 13.8 Å². The van der Waals surface area contributed by atoms with Crippen molar-refractivity contribution in [2.75, 3.05) is 12.3 Å². The molecule has 0 aromatic heterocycles. The van der Waals surface area contributed by atoms with Crippen molar-refractivity contribution in [3.8, 4) is 0 Å². The molecule has 1 fully saturated rings. The average molecular weight is 310 g/mol. The molecule has 1 heterocycles. The Morgan fingerprint density at radius 1 is 1.24 bits per heavy atom. The van der Waals surface area contributed by atoms with E-state index >= 15 is 0 Å². The Kier molecular flexibility index (Phi) is 4.94. The first-order valence-corrected chi connectivity index (χ1v) is 9.21. The molecule has 0 aliphatic carbocycles. The molecule has 1 aromatic carbocycles. The summed E-state index contributed by atoms with van der Waals surface area (Å²) < 4.78 is 28.1. The number of nitrogens with two attached hydrogens (primary N) is 1. The van der Waals surface area contributed by atoms with Gasteiger partial charge in [-0.1, -0.05) is 25.8 Å². The number of sulfonamides is 1. The van der Waals surface area contributed by atoms with Gasteiger partial charge in [0, 0.05) is 18.3 Å².